The Balaban J connectivity index is 2.15. The number of carbonyl (C=O) groups excluding carboxylic acids is 1. The molecule has 1 fully saturated rings. The van der Waals surface area contributed by atoms with Crippen LogP contribution in [0.3, 0.4) is 0 Å². The molecule has 1 aromatic carbocycles. The summed E-state index contributed by atoms with van der Waals surface area (Å²) in [5, 5.41) is 0.334. The molecule has 0 bridgehead atoms. The fourth-order valence-electron chi connectivity index (χ4n) is 3.11. The van der Waals surface area contributed by atoms with Crippen LogP contribution in [-0.2, 0) is 14.0 Å². The summed E-state index contributed by atoms with van der Waals surface area (Å²) in [7, 11) is -1.12. The molecule has 164 valence electrons. The minimum Gasteiger partial charge on any atom is -0.443 e. The van der Waals surface area contributed by atoms with Crippen LogP contribution in [-0.4, -0.2) is 40.9 Å². The highest BCUT2D eigenvalue weighted by molar-refractivity contribution is 6.66. The smallest absolute Gasteiger partial charge is 0.443 e. The molecule has 1 saturated heterocycles. The average molecular weight is 427 g/mol. The van der Waals surface area contributed by atoms with Gasteiger partial charge in [-0.15, -0.1) is 13.2 Å². The van der Waals surface area contributed by atoms with Crippen molar-refractivity contribution in [3.8, 4) is 5.75 Å². The topological polar surface area (TPSA) is 58.9 Å². The van der Waals surface area contributed by atoms with Crippen LogP contribution in [0.15, 0.2) is 24.4 Å². The van der Waals surface area contributed by atoms with Crippen molar-refractivity contribution in [3.05, 3.63) is 24.4 Å². The van der Waals surface area contributed by atoms with Crippen molar-refractivity contribution in [2.75, 3.05) is 0 Å². The summed E-state index contributed by atoms with van der Waals surface area (Å²) in [4.78, 5) is 12.6. The quantitative estimate of drug-likeness (QED) is 0.655. The number of fused-ring (bicyclic) bond motifs is 1. The van der Waals surface area contributed by atoms with Crippen molar-refractivity contribution in [3.63, 3.8) is 0 Å². The molecular weight excluding hydrogens is 402 g/mol. The lowest BCUT2D eigenvalue weighted by Gasteiger charge is -2.32. The molecule has 6 nitrogen and oxygen atoms in total. The second kappa shape index (κ2) is 6.92. The van der Waals surface area contributed by atoms with E-state index in [0.29, 0.717) is 10.9 Å². The van der Waals surface area contributed by atoms with Crippen LogP contribution in [0.4, 0.5) is 18.0 Å². The van der Waals surface area contributed by atoms with Crippen molar-refractivity contribution in [1.82, 2.24) is 4.57 Å². The zero-order valence-corrected chi connectivity index (χ0v) is 18.0. The number of ether oxygens (including phenoxy) is 2. The number of carbonyl (C=O) groups is 1. The summed E-state index contributed by atoms with van der Waals surface area (Å²) < 4.78 is 61.9. The number of hydrogen-bond acceptors (Lipinski definition) is 5. The highest BCUT2D eigenvalue weighted by Crippen LogP contribution is 2.38. The Morgan fingerprint density at radius 1 is 1.03 bits per heavy atom. The molecule has 2 heterocycles. The summed E-state index contributed by atoms with van der Waals surface area (Å²) in [5.41, 5.74) is -1.87. The van der Waals surface area contributed by atoms with Crippen molar-refractivity contribution < 1.29 is 36.7 Å². The first-order valence-corrected chi connectivity index (χ1v) is 9.49. The van der Waals surface area contributed by atoms with Crippen LogP contribution in [0.2, 0.25) is 0 Å². The average Bonchev–Trinajstić information content (AvgIpc) is 3.02. The highest BCUT2D eigenvalue weighted by Gasteiger charge is 2.53. The number of nitrogens with zero attached hydrogens (tertiary/aromatic N) is 1. The molecule has 1 aliphatic heterocycles. The minimum atomic E-state index is -4.90. The second-order valence-corrected chi connectivity index (χ2v) is 9.21. The van der Waals surface area contributed by atoms with Gasteiger partial charge in [0.2, 0.25) is 0 Å². The van der Waals surface area contributed by atoms with E-state index in [1.165, 1.54) is 22.9 Å². The molecule has 3 rings (SSSR count). The van der Waals surface area contributed by atoms with E-state index in [1.807, 2.05) is 0 Å². The van der Waals surface area contributed by atoms with E-state index in [9.17, 15) is 18.0 Å². The van der Waals surface area contributed by atoms with Crippen molar-refractivity contribution in [2.45, 2.75) is 71.6 Å². The van der Waals surface area contributed by atoms with Gasteiger partial charge in [-0.05, 0) is 66.7 Å². The first-order valence-electron chi connectivity index (χ1n) is 9.49. The van der Waals surface area contributed by atoms with E-state index < -0.39 is 42.1 Å². The SMILES string of the molecule is CC(C)(C)OC(=O)n1ccc2c(B3OC(C)(C)C(C)(C)O3)c(OC(F)(F)F)ccc21. The first kappa shape index (κ1) is 22.5. The first-order chi connectivity index (χ1) is 13.5. The van der Waals surface area contributed by atoms with E-state index in [2.05, 4.69) is 4.74 Å². The molecular formula is C20H25BF3NO5. The van der Waals surface area contributed by atoms with Gasteiger partial charge in [0.15, 0.2) is 0 Å². The van der Waals surface area contributed by atoms with Crippen molar-refractivity contribution in [1.29, 1.82) is 0 Å². The molecule has 30 heavy (non-hydrogen) atoms. The van der Waals surface area contributed by atoms with Gasteiger partial charge in [-0.2, -0.15) is 0 Å². The molecule has 2 aromatic rings. The van der Waals surface area contributed by atoms with E-state index >= 15 is 0 Å². The molecule has 0 saturated carbocycles. The lowest BCUT2D eigenvalue weighted by Crippen LogP contribution is -2.41. The molecule has 1 aliphatic rings. The van der Waals surface area contributed by atoms with Crippen molar-refractivity contribution >= 4 is 29.6 Å². The Kier molecular flexibility index (Phi) is 5.18. The minimum absolute atomic E-state index is 0.0609. The fourth-order valence-corrected chi connectivity index (χ4v) is 3.11. The van der Waals surface area contributed by atoms with Gasteiger partial charge in [-0.25, -0.2) is 4.79 Å². The monoisotopic (exact) mass is 427 g/mol. The van der Waals surface area contributed by atoms with Gasteiger partial charge < -0.3 is 18.8 Å². The highest BCUT2D eigenvalue weighted by atomic mass is 19.4. The predicted octanol–water partition coefficient (Wildman–Crippen LogP) is 4.62. The number of hydrogen-bond donors (Lipinski definition) is 0. The number of aromatic nitrogens is 1. The standard InChI is InChI=1S/C20H25BF3NO5/c1-17(2,3)28-16(26)25-11-10-12-13(25)8-9-14(27-20(22,23)24)15(12)21-29-18(4,5)19(6,7)30-21/h8-11H,1-7H3. The van der Waals surface area contributed by atoms with Crippen LogP contribution < -0.4 is 10.2 Å². The molecule has 0 radical (unpaired) electrons. The van der Waals surface area contributed by atoms with Gasteiger partial charge in [-0.1, -0.05) is 0 Å². The summed E-state index contributed by atoms with van der Waals surface area (Å²) in [6, 6.07) is 4.04. The third-order valence-electron chi connectivity index (χ3n) is 5.18. The Morgan fingerprint density at radius 3 is 2.10 bits per heavy atom. The van der Waals surface area contributed by atoms with Gasteiger partial charge in [0.1, 0.15) is 11.4 Å². The van der Waals surface area contributed by atoms with Crippen LogP contribution in [0.25, 0.3) is 10.9 Å². The molecule has 0 atom stereocenters. The Morgan fingerprint density at radius 2 is 1.60 bits per heavy atom. The zero-order valence-electron chi connectivity index (χ0n) is 18.0. The molecule has 1 aromatic heterocycles. The van der Waals surface area contributed by atoms with Crippen LogP contribution in [0.1, 0.15) is 48.5 Å². The van der Waals surface area contributed by atoms with E-state index in [-0.39, 0.29) is 5.46 Å². The summed E-state index contributed by atoms with van der Waals surface area (Å²) in [6.45, 7) is 12.4. The molecule has 0 amide bonds. The van der Waals surface area contributed by atoms with Crippen molar-refractivity contribution in [2.24, 2.45) is 0 Å². The van der Waals surface area contributed by atoms with E-state index in [4.69, 9.17) is 14.0 Å². The zero-order chi connectivity index (χ0) is 22.7. The van der Waals surface area contributed by atoms with Gasteiger partial charge in [0.05, 0.1) is 16.7 Å². The predicted molar refractivity (Wildman–Crippen MR) is 106 cm³/mol. The number of benzene rings is 1. The van der Waals surface area contributed by atoms with Crippen LogP contribution in [0.5, 0.6) is 5.75 Å². The summed E-state index contributed by atoms with van der Waals surface area (Å²) in [5.74, 6) is -0.449. The molecule has 10 heteroatoms. The van der Waals surface area contributed by atoms with E-state index in [1.54, 1.807) is 48.5 Å². The maximum Gasteiger partial charge on any atom is 0.573 e. The number of halogens is 3. The third-order valence-corrected chi connectivity index (χ3v) is 5.18. The fraction of sp³-hybridized carbons (Fsp3) is 0.550. The summed E-state index contributed by atoms with van der Waals surface area (Å²) >= 11 is 0. The third kappa shape index (κ3) is 4.29. The number of alkyl halides is 3. The van der Waals surface area contributed by atoms with Crippen LogP contribution in [0, 0.1) is 0 Å². The Labute approximate surface area is 173 Å². The maximum atomic E-state index is 13.0. The molecule has 0 N–H and O–H groups in total. The van der Waals surface area contributed by atoms with Gasteiger partial charge in [-0.3, -0.25) is 4.57 Å². The molecule has 0 unspecified atom stereocenters. The Bertz CT molecular complexity index is 959. The summed E-state index contributed by atoms with van der Waals surface area (Å²) in [6.07, 6.45) is -4.12. The van der Waals surface area contributed by atoms with Gasteiger partial charge in [0, 0.05) is 17.0 Å². The van der Waals surface area contributed by atoms with Crippen LogP contribution >= 0.6 is 0 Å². The van der Waals surface area contributed by atoms with E-state index in [0.717, 1.165) is 6.07 Å². The normalized spacial score (nSPS) is 18.7. The molecule has 0 spiro atoms. The molecule has 0 aliphatic carbocycles. The van der Waals surface area contributed by atoms with Gasteiger partial charge >= 0.3 is 19.6 Å². The lowest BCUT2D eigenvalue weighted by atomic mass is 9.76. The Hall–Kier alpha value is -2.20. The largest absolute Gasteiger partial charge is 0.573 e. The van der Waals surface area contributed by atoms with Gasteiger partial charge in [0.25, 0.3) is 0 Å². The second-order valence-electron chi connectivity index (χ2n) is 9.21. The maximum absolute atomic E-state index is 13.0. The lowest BCUT2D eigenvalue weighted by molar-refractivity contribution is -0.274. The number of rotatable bonds is 2.